The zero-order valence-corrected chi connectivity index (χ0v) is 11.7. The molecular formula is C15H14N2O4. The van der Waals surface area contributed by atoms with E-state index in [1.54, 1.807) is 12.1 Å². The SMILES string of the molecule is CC[C@@]12c3ccccc3N(C(=O)OC)[C@@H]1OC(=O)[C@@H]2C#N. The number of carbonyl (C=O) groups is 2. The second kappa shape index (κ2) is 4.48. The highest BCUT2D eigenvalue weighted by Crippen LogP contribution is 2.55. The van der Waals surface area contributed by atoms with Crippen molar-refractivity contribution in [2.45, 2.75) is 25.0 Å². The summed E-state index contributed by atoms with van der Waals surface area (Å²) in [6.45, 7) is 1.89. The van der Waals surface area contributed by atoms with Crippen LogP contribution in [0.2, 0.25) is 0 Å². The number of hydrogen-bond donors (Lipinski definition) is 0. The van der Waals surface area contributed by atoms with Crippen LogP contribution < -0.4 is 4.90 Å². The summed E-state index contributed by atoms with van der Waals surface area (Å²) in [4.78, 5) is 25.5. The molecule has 6 nitrogen and oxygen atoms in total. The molecule has 2 aliphatic rings. The first-order valence-electron chi connectivity index (χ1n) is 6.68. The maximum Gasteiger partial charge on any atom is 0.417 e. The van der Waals surface area contributed by atoms with Gasteiger partial charge in [-0.25, -0.2) is 9.69 Å². The maximum atomic E-state index is 12.1. The van der Waals surface area contributed by atoms with E-state index in [-0.39, 0.29) is 0 Å². The molecule has 0 N–H and O–H groups in total. The number of nitriles is 1. The quantitative estimate of drug-likeness (QED) is 0.737. The number of carbonyl (C=O) groups excluding carboxylic acids is 2. The van der Waals surface area contributed by atoms with Crippen LogP contribution in [0.1, 0.15) is 18.9 Å². The fourth-order valence-electron chi connectivity index (χ4n) is 3.44. The summed E-state index contributed by atoms with van der Waals surface area (Å²) in [7, 11) is 1.27. The van der Waals surface area contributed by atoms with Gasteiger partial charge in [0.25, 0.3) is 0 Å². The lowest BCUT2D eigenvalue weighted by Crippen LogP contribution is -2.46. The van der Waals surface area contributed by atoms with Gasteiger partial charge in [0.05, 0.1) is 24.3 Å². The van der Waals surface area contributed by atoms with Crippen LogP contribution in [-0.2, 0) is 19.7 Å². The second-order valence-corrected chi connectivity index (χ2v) is 5.10. The van der Waals surface area contributed by atoms with Gasteiger partial charge in [0.1, 0.15) is 0 Å². The lowest BCUT2D eigenvalue weighted by Gasteiger charge is -2.29. The number of fused-ring (bicyclic) bond motifs is 3. The number of ether oxygens (including phenoxy) is 2. The van der Waals surface area contributed by atoms with Crippen LogP contribution in [0.5, 0.6) is 0 Å². The molecule has 0 unspecified atom stereocenters. The van der Waals surface area contributed by atoms with Crippen LogP contribution in [0.15, 0.2) is 24.3 Å². The molecule has 0 aromatic heterocycles. The molecule has 6 heteroatoms. The number of amides is 1. The molecule has 2 aliphatic heterocycles. The number of para-hydroxylation sites is 1. The number of hydrogen-bond acceptors (Lipinski definition) is 5. The Balaban J connectivity index is 2.26. The molecule has 108 valence electrons. The molecule has 3 rings (SSSR count). The zero-order valence-electron chi connectivity index (χ0n) is 11.7. The fourth-order valence-corrected chi connectivity index (χ4v) is 3.44. The fraction of sp³-hybridized carbons (Fsp3) is 0.400. The van der Waals surface area contributed by atoms with E-state index in [0.29, 0.717) is 12.1 Å². The summed E-state index contributed by atoms with van der Waals surface area (Å²) in [5.74, 6) is -1.52. The van der Waals surface area contributed by atoms with Crippen molar-refractivity contribution in [2.24, 2.45) is 5.92 Å². The molecule has 21 heavy (non-hydrogen) atoms. The normalized spacial score (nSPS) is 29.4. The predicted molar refractivity (Wildman–Crippen MR) is 72.3 cm³/mol. The number of nitrogens with zero attached hydrogens (tertiary/aromatic N) is 2. The van der Waals surface area contributed by atoms with Crippen molar-refractivity contribution in [2.75, 3.05) is 12.0 Å². The molecule has 1 amide bonds. The van der Waals surface area contributed by atoms with Crippen molar-refractivity contribution in [3.8, 4) is 6.07 Å². The first-order valence-corrected chi connectivity index (χ1v) is 6.68. The molecule has 0 aliphatic carbocycles. The molecule has 0 saturated carbocycles. The minimum atomic E-state index is -0.927. The van der Waals surface area contributed by atoms with Gasteiger partial charge in [-0.15, -0.1) is 0 Å². The third-order valence-corrected chi connectivity index (χ3v) is 4.40. The van der Waals surface area contributed by atoms with Crippen molar-refractivity contribution >= 4 is 17.7 Å². The highest BCUT2D eigenvalue weighted by atomic mass is 16.6. The Morgan fingerprint density at radius 3 is 2.86 bits per heavy atom. The van der Waals surface area contributed by atoms with Gasteiger partial charge in [0, 0.05) is 0 Å². The molecule has 0 bridgehead atoms. The molecular weight excluding hydrogens is 272 g/mol. The molecule has 3 atom stereocenters. The predicted octanol–water partition coefficient (Wildman–Crippen LogP) is 1.94. The minimum Gasteiger partial charge on any atom is -0.452 e. The zero-order chi connectivity index (χ0) is 15.2. The van der Waals surface area contributed by atoms with Crippen LogP contribution in [0, 0.1) is 17.2 Å². The summed E-state index contributed by atoms with van der Waals surface area (Å²) < 4.78 is 10.2. The van der Waals surface area contributed by atoms with E-state index in [1.165, 1.54) is 12.0 Å². The van der Waals surface area contributed by atoms with Gasteiger partial charge in [-0.3, -0.25) is 4.79 Å². The van der Waals surface area contributed by atoms with Crippen molar-refractivity contribution in [1.82, 2.24) is 0 Å². The third-order valence-electron chi connectivity index (χ3n) is 4.40. The monoisotopic (exact) mass is 286 g/mol. The Labute approximate surface area is 121 Å². The van der Waals surface area contributed by atoms with E-state index >= 15 is 0 Å². The first kappa shape index (κ1) is 13.4. The highest BCUT2D eigenvalue weighted by Gasteiger charge is 2.66. The number of anilines is 1. The Morgan fingerprint density at radius 1 is 1.52 bits per heavy atom. The Morgan fingerprint density at radius 2 is 2.24 bits per heavy atom. The van der Waals surface area contributed by atoms with Crippen LogP contribution in [0.4, 0.5) is 10.5 Å². The van der Waals surface area contributed by atoms with Crippen molar-refractivity contribution in [1.29, 1.82) is 5.26 Å². The Bertz CT molecular complexity index is 666. The third kappa shape index (κ3) is 1.46. The highest BCUT2D eigenvalue weighted by molar-refractivity contribution is 5.96. The van der Waals surface area contributed by atoms with E-state index in [9.17, 15) is 14.9 Å². The number of esters is 1. The van der Waals surface area contributed by atoms with Crippen molar-refractivity contribution < 1.29 is 19.1 Å². The van der Waals surface area contributed by atoms with Crippen LogP contribution in [0.3, 0.4) is 0 Å². The van der Waals surface area contributed by atoms with E-state index in [1.807, 2.05) is 25.1 Å². The average Bonchev–Trinajstić information content (AvgIpc) is 2.94. The molecule has 1 fully saturated rings. The van der Waals surface area contributed by atoms with Gasteiger partial charge in [0.2, 0.25) is 0 Å². The molecule has 1 saturated heterocycles. The lowest BCUT2D eigenvalue weighted by molar-refractivity contribution is -0.142. The van der Waals surface area contributed by atoms with Gasteiger partial charge in [-0.1, -0.05) is 25.1 Å². The molecule has 0 spiro atoms. The van der Waals surface area contributed by atoms with E-state index < -0.39 is 29.6 Å². The van der Waals surface area contributed by atoms with Crippen molar-refractivity contribution in [3.05, 3.63) is 29.8 Å². The standard InChI is InChI=1S/C15H14N2O4/c1-3-15-9-6-4-5-7-11(9)17(14(19)20-2)13(15)21-12(18)10(15)8-16/h4-7,10,13H,3H2,1-2H3/t10-,13+,15-/m0/s1. The summed E-state index contributed by atoms with van der Waals surface area (Å²) in [6.07, 6.45) is -0.926. The summed E-state index contributed by atoms with van der Waals surface area (Å²) in [6, 6.07) is 9.26. The Kier molecular flexibility index (Phi) is 2.87. The molecule has 1 aromatic rings. The lowest BCUT2D eigenvalue weighted by atomic mass is 9.70. The van der Waals surface area contributed by atoms with Crippen molar-refractivity contribution in [3.63, 3.8) is 0 Å². The Hall–Kier alpha value is -2.55. The number of benzene rings is 1. The summed E-state index contributed by atoms with van der Waals surface area (Å²) in [5.41, 5.74) is 0.570. The van der Waals surface area contributed by atoms with Gasteiger partial charge in [-0.2, -0.15) is 5.26 Å². The average molecular weight is 286 g/mol. The minimum absolute atomic E-state index is 0.506. The summed E-state index contributed by atoms with van der Waals surface area (Å²) >= 11 is 0. The second-order valence-electron chi connectivity index (χ2n) is 5.10. The summed E-state index contributed by atoms with van der Waals surface area (Å²) in [5, 5.41) is 9.40. The van der Waals surface area contributed by atoms with E-state index in [4.69, 9.17) is 9.47 Å². The van der Waals surface area contributed by atoms with Gasteiger partial charge >= 0.3 is 12.1 Å². The van der Waals surface area contributed by atoms with Crippen LogP contribution in [-0.4, -0.2) is 25.4 Å². The number of rotatable bonds is 1. The number of methoxy groups -OCH3 is 1. The van der Waals surface area contributed by atoms with Gasteiger partial charge in [0.15, 0.2) is 12.1 Å². The molecule has 0 radical (unpaired) electrons. The largest absolute Gasteiger partial charge is 0.452 e. The smallest absolute Gasteiger partial charge is 0.417 e. The maximum absolute atomic E-state index is 12.1. The van der Waals surface area contributed by atoms with E-state index in [2.05, 4.69) is 0 Å². The first-order chi connectivity index (χ1) is 10.1. The molecule has 1 aromatic carbocycles. The van der Waals surface area contributed by atoms with E-state index in [0.717, 1.165) is 5.56 Å². The topological polar surface area (TPSA) is 79.6 Å². The van der Waals surface area contributed by atoms with Gasteiger partial charge in [-0.05, 0) is 18.1 Å². The molecule has 2 heterocycles. The van der Waals surface area contributed by atoms with Gasteiger partial charge < -0.3 is 9.47 Å². The van der Waals surface area contributed by atoms with Crippen LogP contribution >= 0.6 is 0 Å². The van der Waals surface area contributed by atoms with Crippen LogP contribution in [0.25, 0.3) is 0 Å².